The zero-order valence-electron chi connectivity index (χ0n) is 11.5. The van der Waals surface area contributed by atoms with Crippen LogP contribution in [0.25, 0.3) is 0 Å². The molecular weight excluding hydrogens is 228 g/mol. The molecule has 2 unspecified atom stereocenters. The smallest absolute Gasteiger partial charge is 0.269 e. The molecule has 1 aromatic rings. The van der Waals surface area contributed by atoms with Crippen LogP contribution in [0.3, 0.4) is 0 Å². The second-order valence-corrected chi connectivity index (χ2v) is 5.20. The maximum absolute atomic E-state index is 10.6. The Balaban J connectivity index is 2.56. The summed E-state index contributed by atoms with van der Waals surface area (Å²) in [6, 6.07) is 6.96. The lowest BCUT2D eigenvalue weighted by atomic mass is 9.97. The van der Waals surface area contributed by atoms with Gasteiger partial charge in [-0.2, -0.15) is 0 Å². The van der Waals surface area contributed by atoms with E-state index in [4.69, 9.17) is 0 Å². The zero-order valence-corrected chi connectivity index (χ0v) is 11.5. The van der Waals surface area contributed by atoms with E-state index in [1.54, 1.807) is 12.1 Å². The SMILES string of the molecule is CC(NCC(C)C(C)C)c1ccc([N+](=O)[O-])cc1. The van der Waals surface area contributed by atoms with Gasteiger partial charge in [0, 0.05) is 18.2 Å². The number of rotatable bonds is 6. The van der Waals surface area contributed by atoms with E-state index in [0.29, 0.717) is 11.8 Å². The van der Waals surface area contributed by atoms with Crippen molar-refractivity contribution in [2.24, 2.45) is 11.8 Å². The number of nitro benzene ring substituents is 1. The molecule has 0 saturated heterocycles. The lowest BCUT2D eigenvalue weighted by molar-refractivity contribution is -0.384. The number of hydrogen-bond acceptors (Lipinski definition) is 3. The number of hydrogen-bond donors (Lipinski definition) is 1. The minimum absolute atomic E-state index is 0.140. The van der Waals surface area contributed by atoms with Crippen molar-refractivity contribution >= 4 is 5.69 Å². The van der Waals surface area contributed by atoms with Crippen LogP contribution >= 0.6 is 0 Å². The van der Waals surface area contributed by atoms with Crippen molar-refractivity contribution in [2.45, 2.75) is 33.7 Å². The van der Waals surface area contributed by atoms with Crippen molar-refractivity contribution in [1.29, 1.82) is 0 Å². The molecule has 0 saturated carbocycles. The Kier molecular flexibility index (Phi) is 5.28. The summed E-state index contributed by atoms with van der Waals surface area (Å²) in [5.41, 5.74) is 1.22. The molecule has 0 aliphatic carbocycles. The van der Waals surface area contributed by atoms with Crippen molar-refractivity contribution in [2.75, 3.05) is 6.54 Å². The highest BCUT2D eigenvalue weighted by Gasteiger charge is 2.11. The van der Waals surface area contributed by atoms with Gasteiger partial charge in [0.2, 0.25) is 0 Å². The number of non-ortho nitro benzene ring substituents is 1. The van der Waals surface area contributed by atoms with Crippen molar-refractivity contribution in [3.05, 3.63) is 39.9 Å². The van der Waals surface area contributed by atoms with Gasteiger partial charge in [0.05, 0.1) is 4.92 Å². The number of nitrogens with one attached hydrogen (secondary N) is 1. The van der Waals surface area contributed by atoms with Crippen LogP contribution in [0.1, 0.15) is 39.3 Å². The topological polar surface area (TPSA) is 55.2 Å². The maximum Gasteiger partial charge on any atom is 0.269 e. The van der Waals surface area contributed by atoms with Crippen LogP contribution < -0.4 is 5.32 Å². The first kappa shape index (κ1) is 14.6. The van der Waals surface area contributed by atoms with E-state index >= 15 is 0 Å². The average molecular weight is 250 g/mol. The van der Waals surface area contributed by atoms with Crippen molar-refractivity contribution in [1.82, 2.24) is 5.32 Å². The molecule has 2 atom stereocenters. The molecule has 1 rings (SSSR count). The third-order valence-electron chi connectivity index (χ3n) is 3.49. The maximum atomic E-state index is 10.6. The first-order chi connectivity index (χ1) is 8.41. The summed E-state index contributed by atoms with van der Waals surface area (Å²) >= 11 is 0. The van der Waals surface area contributed by atoms with Gasteiger partial charge in [-0.05, 0) is 30.9 Å². The van der Waals surface area contributed by atoms with Gasteiger partial charge in [-0.3, -0.25) is 10.1 Å². The molecule has 0 radical (unpaired) electrons. The van der Waals surface area contributed by atoms with E-state index in [2.05, 4.69) is 33.0 Å². The van der Waals surface area contributed by atoms with Gasteiger partial charge in [-0.25, -0.2) is 0 Å². The Labute approximate surface area is 109 Å². The fourth-order valence-electron chi connectivity index (χ4n) is 1.60. The summed E-state index contributed by atoms with van der Waals surface area (Å²) in [5, 5.41) is 14.0. The predicted octanol–water partition coefficient (Wildman–Crippen LogP) is 3.54. The van der Waals surface area contributed by atoms with Gasteiger partial charge >= 0.3 is 0 Å². The molecule has 0 aliphatic heterocycles. The highest BCUT2D eigenvalue weighted by Crippen LogP contribution is 2.18. The summed E-state index contributed by atoms with van der Waals surface area (Å²) in [7, 11) is 0. The lowest BCUT2D eigenvalue weighted by Crippen LogP contribution is -2.26. The molecule has 1 aromatic carbocycles. The normalized spacial score (nSPS) is 14.5. The molecule has 0 aliphatic rings. The monoisotopic (exact) mass is 250 g/mol. The average Bonchev–Trinajstić information content (AvgIpc) is 2.35. The molecule has 4 nitrogen and oxygen atoms in total. The predicted molar refractivity (Wildman–Crippen MR) is 73.5 cm³/mol. The van der Waals surface area contributed by atoms with E-state index < -0.39 is 0 Å². The lowest BCUT2D eigenvalue weighted by Gasteiger charge is -2.20. The van der Waals surface area contributed by atoms with Gasteiger partial charge in [0.15, 0.2) is 0 Å². The van der Waals surface area contributed by atoms with E-state index in [9.17, 15) is 10.1 Å². The largest absolute Gasteiger partial charge is 0.310 e. The molecule has 0 spiro atoms. The summed E-state index contributed by atoms with van der Waals surface area (Å²) in [6.45, 7) is 9.68. The standard InChI is InChI=1S/C14H22N2O2/c1-10(2)11(3)9-15-12(4)13-5-7-14(8-6-13)16(17)18/h5-8,10-12,15H,9H2,1-4H3. The van der Waals surface area contributed by atoms with Gasteiger partial charge < -0.3 is 5.32 Å². The molecule has 1 N–H and O–H groups in total. The Hall–Kier alpha value is -1.42. The molecule has 100 valence electrons. The van der Waals surface area contributed by atoms with Crippen molar-refractivity contribution in [3.8, 4) is 0 Å². The van der Waals surface area contributed by atoms with Crippen molar-refractivity contribution < 1.29 is 4.92 Å². The molecule has 0 bridgehead atoms. The van der Waals surface area contributed by atoms with Crippen LogP contribution in [0.2, 0.25) is 0 Å². The number of benzene rings is 1. The molecule has 0 aromatic heterocycles. The minimum Gasteiger partial charge on any atom is -0.310 e. The summed E-state index contributed by atoms with van der Waals surface area (Å²) in [6.07, 6.45) is 0. The van der Waals surface area contributed by atoms with Crippen LogP contribution in [0.15, 0.2) is 24.3 Å². The number of nitrogens with zero attached hydrogens (tertiary/aromatic N) is 1. The van der Waals surface area contributed by atoms with Gasteiger partial charge in [-0.1, -0.05) is 32.9 Å². The second-order valence-electron chi connectivity index (χ2n) is 5.20. The summed E-state index contributed by atoms with van der Waals surface area (Å²) < 4.78 is 0. The molecule has 0 heterocycles. The van der Waals surface area contributed by atoms with Crippen LogP contribution in [0.5, 0.6) is 0 Å². The van der Waals surface area contributed by atoms with E-state index in [0.717, 1.165) is 12.1 Å². The molecule has 0 amide bonds. The van der Waals surface area contributed by atoms with Crippen LogP contribution in [0.4, 0.5) is 5.69 Å². The first-order valence-electron chi connectivity index (χ1n) is 6.39. The molecular formula is C14H22N2O2. The quantitative estimate of drug-likeness (QED) is 0.620. The number of nitro groups is 1. The van der Waals surface area contributed by atoms with Gasteiger partial charge in [0.25, 0.3) is 5.69 Å². The zero-order chi connectivity index (χ0) is 13.7. The van der Waals surface area contributed by atoms with E-state index in [1.165, 1.54) is 0 Å². The fourth-order valence-corrected chi connectivity index (χ4v) is 1.60. The summed E-state index contributed by atoms with van der Waals surface area (Å²) in [5.74, 6) is 1.27. The highest BCUT2D eigenvalue weighted by atomic mass is 16.6. The third kappa shape index (κ3) is 4.11. The van der Waals surface area contributed by atoms with Gasteiger partial charge in [0.1, 0.15) is 0 Å². The summed E-state index contributed by atoms with van der Waals surface area (Å²) in [4.78, 5) is 10.2. The molecule has 0 fully saturated rings. The Morgan fingerprint density at radius 3 is 2.17 bits per heavy atom. The van der Waals surface area contributed by atoms with E-state index in [1.807, 2.05) is 12.1 Å². The van der Waals surface area contributed by atoms with Gasteiger partial charge in [-0.15, -0.1) is 0 Å². The Morgan fingerprint density at radius 2 is 1.72 bits per heavy atom. The molecule has 18 heavy (non-hydrogen) atoms. The van der Waals surface area contributed by atoms with Crippen LogP contribution in [-0.4, -0.2) is 11.5 Å². The Morgan fingerprint density at radius 1 is 1.17 bits per heavy atom. The minimum atomic E-state index is -0.372. The first-order valence-corrected chi connectivity index (χ1v) is 6.39. The second kappa shape index (κ2) is 6.50. The molecule has 4 heteroatoms. The fraction of sp³-hybridized carbons (Fsp3) is 0.571. The van der Waals surface area contributed by atoms with Crippen LogP contribution in [-0.2, 0) is 0 Å². The highest BCUT2D eigenvalue weighted by molar-refractivity contribution is 5.33. The Bertz CT molecular complexity index is 387. The van der Waals surface area contributed by atoms with E-state index in [-0.39, 0.29) is 16.7 Å². The van der Waals surface area contributed by atoms with Crippen molar-refractivity contribution in [3.63, 3.8) is 0 Å². The third-order valence-corrected chi connectivity index (χ3v) is 3.49. The van der Waals surface area contributed by atoms with Crippen LogP contribution in [0, 0.1) is 22.0 Å².